The van der Waals surface area contributed by atoms with Crippen molar-refractivity contribution in [2.45, 2.75) is 32.4 Å². The van der Waals surface area contributed by atoms with E-state index in [0.717, 1.165) is 18.4 Å². The summed E-state index contributed by atoms with van der Waals surface area (Å²) >= 11 is 0. The van der Waals surface area contributed by atoms with Gasteiger partial charge in [0, 0.05) is 11.6 Å². The molecule has 4 heteroatoms. The van der Waals surface area contributed by atoms with Crippen LogP contribution in [0.5, 0.6) is 11.5 Å². The second-order valence-electron chi connectivity index (χ2n) is 4.73. The van der Waals surface area contributed by atoms with Gasteiger partial charge in [-0.25, -0.2) is 4.39 Å². The van der Waals surface area contributed by atoms with Crippen LogP contribution in [0.4, 0.5) is 4.39 Å². The lowest BCUT2D eigenvalue weighted by Gasteiger charge is -2.21. The number of halogens is 1. The number of benzene rings is 1. The zero-order chi connectivity index (χ0) is 13.8. The molecule has 0 aliphatic rings. The minimum absolute atomic E-state index is 0.510. The number of hydrogen-bond acceptors (Lipinski definition) is 3. The van der Waals surface area contributed by atoms with Gasteiger partial charge < -0.3 is 15.2 Å². The van der Waals surface area contributed by atoms with E-state index in [2.05, 4.69) is 0 Å². The molecule has 0 unspecified atom stereocenters. The molecule has 3 nitrogen and oxygen atoms in total. The van der Waals surface area contributed by atoms with Gasteiger partial charge in [0.25, 0.3) is 0 Å². The molecule has 1 aromatic rings. The molecular formula is C14H22FNO2. The number of methoxy groups -OCH3 is 2. The van der Waals surface area contributed by atoms with Crippen molar-refractivity contribution in [2.75, 3.05) is 20.8 Å². The maximum Gasteiger partial charge on any atom is 0.134 e. The van der Waals surface area contributed by atoms with Crippen molar-refractivity contribution in [1.82, 2.24) is 0 Å². The maximum absolute atomic E-state index is 14.2. The molecule has 102 valence electrons. The first-order valence-electron chi connectivity index (χ1n) is 6.08. The van der Waals surface area contributed by atoms with Crippen molar-refractivity contribution in [1.29, 1.82) is 0 Å². The predicted octanol–water partition coefficient (Wildman–Crippen LogP) is 2.80. The van der Waals surface area contributed by atoms with Gasteiger partial charge in [0.2, 0.25) is 0 Å². The van der Waals surface area contributed by atoms with Gasteiger partial charge in [0.15, 0.2) is 0 Å². The van der Waals surface area contributed by atoms with Crippen LogP contribution in [0.1, 0.15) is 31.4 Å². The van der Waals surface area contributed by atoms with Crippen LogP contribution >= 0.6 is 0 Å². The summed E-state index contributed by atoms with van der Waals surface area (Å²) < 4.78 is 24.7. The van der Waals surface area contributed by atoms with Crippen molar-refractivity contribution in [2.24, 2.45) is 5.73 Å². The topological polar surface area (TPSA) is 44.5 Å². The van der Waals surface area contributed by atoms with Crippen molar-refractivity contribution in [3.63, 3.8) is 0 Å². The minimum Gasteiger partial charge on any atom is -0.496 e. The van der Waals surface area contributed by atoms with Gasteiger partial charge >= 0.3 is 0 Å². The van der Waals surface area contributed by atoms with Gasteiger partial charge in [-0.1, -0.05) is 0 Å². The molecule has 0 saturated carbocycles. The highest BCUT2D eigenvalue weighted by molar-refractivity contribution is 5.48. The molecule has 0 aromatic heterocycles. The Morgan fingerprint density at radius 2 is 1.78 bits per heavy atom. The molecule has 0 bridgehead atoms. The molecule has 1 rings (SSSR count). The van der Waals surface area contributed by atoms with Crippen molar-refractivity contribution >= 4 is 0 Å². The fraction of sp³-hybridized carbons (Fsp3) is 0.571. The van der Waals surface area contributed by atoms with Gasteiger partial charge in [0.05, 0.1) is 14.2 Å². The van der Waals surface area contributed by atoms with Gasteiger partial charge in [-0.3, -0.25) is 0 Å². The fourth-order valence-electron chi connectivity index (χ4n) is 1.92. The summed E-state index contributed by atoms with van der Waals surface area (Å²) in [5, 5.41) is 0. The highest BCUT2D eigenvalue weighted by atomic mass is 19.1. The normalized spacial score (nSPS) is 11.4. The summed E-state index contributed by atoms with van der Waals surface area (Å²) in [5.74, 6) is 1.23. The molecule has 18 heavy (non-hydrogen) atoms. The quantitative estimate of drug-likeness (QED) is 0.850. The van der Waals surface area contributed by atoms with E-state index in [-0.39, 0.29) is 0 Å². The summed E-state index contributed by atoms with van der Waals surface area (Å²) in [4.78, 5) is 0. The molecule has 0 fully saturated rings. The van der Waals surface area contributed by atoms with Crippen molar-refractivity contribution < 1.29 is 13.9 Å². The molecule has 2 N–H and O–H groups in total. The van der Waals surface area contributed by atoms with Crippen LogP contribution in [0.25, 0.3) is 0 Å². The molecule has 1 aromatic carbocycles. The summed E-state index contributed by atoms with van der Waals surface area (Å²) in [6.07, 6.45) is 1.61. The van der Waals surface area contributed by atoms with E-state index in [1.54, 1.807) is 13.2 Å². The largest absolute Gasteiger partial charge is 0.496 e. The van der Waals surface area contributed by atoms with E-state index in [9.17, 15) is 4.39 Å². The molecule has 0 atom stereocenters. The first kappa shape index (κ1) is 14.8. The molecular weight excluding hydrogens is 233 g/mol. The van der Waals surface area contributed by atoms with Gasteiger partial charge in [-0.2, -0.15) is 0 Å². The average molecular weight is 255 g/mol. The van der Waals surface area contributed by atoms with Crippen LogP contribution in [0.2, 0.25) is 0 Å². The fourth-order valence-corrected chi connectivity index (χ4v) is 1.92. The second-order valence-corrected chi connectivity index (χ2v) is 4.73. The molecule has 0 amide bonds. The lowest BCUT2D eigenvalue weighted by atomic mass is 9.94. The highest BCUT2D eigenvalue weighted by Gasteiger charge is 2.25. The third-order valence-electron chi connectivity index (χ3n) is 2.89. The van der Waals surface area contributed by atoms with Gasteiger partial charge in [0.1, 0.15) is 17.2 Å². The maximum atomic E-state index is 14.2. The SMILES string of the molecule is COc1cc(OC)c(C(C)(C)F)cc1CCCN. The molecule has 0 aliphatic carbocycles. The standard InChI is InChI=1S/C14H22FNO2/c1-14(2,15)11-8-10(6-5-7-16)12(17-3)9-13(11)18-4/h8-9H,5-7,16H2,1-4H3. The summed E-state index contributed by atoms with van der Waals surface area (Å²) in [5.41, 5.74) is 5.56. The first-order valence-corrected chi connectivity index (χ1v) is 6.08. The van der Waals surface area contributed by atoms with Crippen LogP contribution in [0, 0.1) is 0 Å². The van der Waals surface area contributed by atoms with Crippen molar-refractivity contribution in [3.05, 3.63) is 23.3 Å². The number of rotatable bonds is 6. The molecule has 0 heterocycles. The Morgan fingerprint density at radius 3 is 2.22 bits per heavy atom. The Hall–Kier alpha value is -1.29. The van der Waals surface area contributed by atoms with E-state index in [4.69, 9.17) is 15.2 Å². The number of hydrogen-bond donors (Lipinski definition) is 1. The summed E-state index contributed by atoms with van der Waals surface area (Å²) in [6, 6.07) is 3.55. The highest BCUT2D eigenvalue weighted by Crippen LogP contribution is 2.37. The monoisotopic (exact) mass is 255 g/mol. The molecule has 0 aliphatic heterocycles. The van der Waals surface area contributed by atoms with Crippen molar-refractivity contribution in [3.8, 4) is 11.5 Å². The zero-order valence-electron chi connectivity index (χ0n) is 11.5. The third kappa shape index (κ3) is 3.35. The van der Waals surface area contributed by atoms with Crippen LogP contribution < -0.4 is 15.2 Å². The van der Waals surface area contributed by atoms with E-state index in [1.165, 1.54) is 21.0 Å². The Balaban J connectivity index is 3.25. The second kappa shape index (κ2) is 6.05. The Bertz CT molecular complexity index is 400. The summed E-state index contributed by atoms with van der Waals surface area (Å²) in [6.45, 7) is 3.64. The lowest BCUT2D eigenvalue weighted by Crippen LogP contribution is -2.12. The first-order chi connectivity index (χ1) is 8.43. The Kier molecular flexibility index (Phi) is 4.96. The van der Waals surface area contributed by atoms with E-state index >= 15 is 0 Å². The minimum atomic E-state index is -1.45. The smallest absolute Gasteiger partial charge is 0.134 e. The number of ether oxygens (including phenoxy) is 2. The molecule has 0 spiro atoms. The lowest BCUT2D eigenvalue weighted by molar-refractivity contribution is 0.213. The van der Waals surface area contributed by atoms with Gasteiger partial charge in [-0.15, -0.1) is 0 Å². The van der Waals surface area contributed by atoms with Gasteiger partial charge in [-0.05, 0) is 44.9 Å². The number of nitrogens with two attached hydrogens (primary N) is 1. The van der Waals surface area contributed by atoms with E-state index in [1.807, 2.05) is 6.07 Å². The number of alkyl halides is 1. The van der Waals surface area contributed by atoms with Crippen LogP contribution in [-0.2, 0) is 12.1 Å². The van der Waals surface area contributed by atoms with Crippen LogP contribution in [-0.4, -0.2) is 20.8 Å². The predicted molar refractivity (Wildman–Crippen MR) is 71.1 cm³/mol. The Labute approximate surface area is 108 Å². The van der Waals surface area contributed by atoms with Crippen LogP contribution in [0.3, 0.4) is 0 Å². The van der Waals surface area contributed by atoms with E-state index < -0.39 is 5.67 Å². The van der Waals surface area contributed by atoms with E-state index in [0.29, 0.717) is 23.6 Å². The molecule has 0 radical (unpaired) electrons. The average Bonchev–Trinajstić information content (AvgIpc) is 2.34. The third-order valence-corrected chi connectivity index (χ3v) is 2.89. The molecule has 0 saturated heterocycles. The zero-order valence-corrected chi connectivity index (χ0v) is 11.5. The summed E-state index contributed by atoms with van der Waals surface area (Å²) in [7, 11) is 3.13. The van der Waals surface area contributed by atoms with Crippen LogP contribution in [0.15, 0.2) is 12.1 Å². The Morgan fingerprint density at radius 1 is 1.17 bits per heavy atom. The number of aryl methyl sites for hydroxylation is 1.